The molecule has 0 saturated carbocycles. The van der Waals surface area contributed by atoms with Gasteiger partial charge < -0.3 is 10.2 Å². The van der Waals surface area contributed by atoms with Gasteiger partial charge in [-0.1, -0.05) is 24.3 Å². The van der Waals surface area contributed by atoms with E-state index in [1.807, 2.05) is 17.0 Å². The third-order valence-electron chi connectivity index (χ3n) is 4.56. The van der Waals surface area contributed by atoms with E-state index in [4.69, 9.17) is 5.26 Å². The van der Waals surface area contributed by atoms with Gasteiger partial charge in [-0.15, -0.1) is 0 Å². The molecule has 1 amide bonds. The standard InChI is InChI=1S/C21H17N5O/c22-13-15-5-7-18(8-6-15)24-21-23-11-9-19(25-21)20(27)26-12-10-16-3-1-2-4-17(16)14-26/h1-9,11H,10,12,14H2,(H,23,24,25). The molecule has 3 aromatic rings. The number of nitrogens with zero attached hydrogens (tertiary/aromatic N) is 4. The molecule has 0 unspecified atom stereocenters. The van der Waals surface area contributed by atoms with Gasteiger partial charge in [-0.05, 0) is 47.9 Å². The Morgan fingerprint density at radius 2 is 1.85 bits per heavy atom. The molecule has 27 heavy (non-hydrogen) atoms. The predicted octanol–water partition coefficient (Wildman–Crippen LogP) is 3.29. The molecule has 1 aliphatic rings. The molecule has 132 valence electrons. The van der Waals surface area contributed by atoms with Crippen LogP contribution in [0.4, 0.5) is 11.6 Å². The quantitative estimate of drug-likeness (QED) is 0.779. The van der Waals surface area contributed by atoms with Crippen LogP contribution in [0.5, 0.6) is 0 Å². The number of benzene rings is 2. The maximum atomic E-state index is 12.9. The van der Waals surface area contributed by atoms with Gasteiger partial charge in [-0.3, -0.25) is 4.79 Å². The zero-order valence-corrected chi connectivity index (χ0v) is 14.6. The molecule has 0 spiro atoms. The van der Waals surface area contributed by atoms with Gasteiger partial charge in [0.2, 0.25) is 5.95 Å². The SMILES string of the molecule is N#Cc1ccc(Nc2nccc(C(=O)N3CCc4ccccc4C3)n2)cc1. The maximum absolute atomic E-state index is 12.9. The van der Waals surface area contributed by atoms with E-state index >= 15 is 0 Å². The minimum Gasteiger partial charge on any atom is -0.333 e. The molecular weight excluding hydrogens is 338 g/mol. The highest BCUT2D eigenvalue weighted by atomic mass is 16.2. The second-order valence-electron chi connectivity index (χ2n) is 6.33. The molecule has 1 aliphatic heterocycles. The smallest absolute Gasteiger partial charge is 0.272 e. The molecule has 2 aromatic carbocycles. The molecule has 0 saturated heterocycles. The Balaban J connectivity index is 1.50. The topological polar surface area (TPSA) is 81.9 Å². The van der Waals surface area contributed by atoms with Crippen LogP contribution in [-0.4, -0.2) is 27.3 Å². The molecule has 0 bridgehead atoms. The van der Waals surface area contributed by atoms with Crippen molar-refractivity contribution in [1.82, 2.24) is 14.9 Å². The number of aromatic nitrogens is 2. The minimum absolute atomic E-state index is 0.102. The van der Waals surface area contributed by atoms with E-state index in [9.17, 15) is 4.79 Å². The summed E-state index contributed by atoms with van der Waals surface area (Å²) in [6.07, 6.45) is 2.42. The van der Waals surface area contributed by atoms with Gasteiger partial charge >= 0.3 is 0 Å². The zero-order chi connectivity index (χ0) is 18.6. The van der Waals surface area contributed by atoms with Gasteiger partial charge in [0.15, 0.2) is 0 Å². The van der Waals surface area contributed by atoms with Crippen molar-refractivity contribution in [2.45, 2.75) is 13.0 Å². The van der Waals surface area contributed by atoms with Crippen LogP contribution in [-0.2, 0) is 13.0 Å². The second-order valence-corrected chi connectivity index (χ2v) is 6.33. The predicted molar refractivity (Wildman–Crippen MR) is 101 cm³/mol. The average Bonchev–Trinajstić information content (AvgIpc) is 2.73. The number of rotatable bonds is 3. The Morgan fingerprint density at radius 3 is 2.63 bits per heavy atom. The number of fused-ring (bicyclic) bond motifs is 1. The molecule has 1 N–H and O–H groups in total. The van der Waals surface area contributed by atoms with E-state index in [-0.39, 0.29) is 5.91 Å². The van der Waals surface area contributed by atoms with Crippen LogP contribution in [0.25, 0.3) is 0 Å². The highest BCUT2D eigenvalue weighted by Gasteiger charge is 2.22. The van der Waals surface area contributed by atoms with Crippen molar-refractivity contribution in [3.8, 4) is 6.07 Å². The number of hydrogen-bond donors (Lipinski definition) is 1. The van der Waals surface area contributed by atoms with Gasteiger partial charge in [-0.2, -0.15) is 5.26 Å². The number of nitrogens with one attached hydrogen (secondary N) is 1. The summed E-state index contributed by atoms with van der Waals surface area (Å²) in [5.74, 6) is 0.248. The lowest BCUT2D eigenvalue weighted by Crippen LogP contribution is -2.36. The van der Waals surface area contributed by atoms with Crippen LogP contribution < -0.4 is 5.32 Å². The third-order valence-corrected chi connectivity index (χ3v) is 4.56. The molecule has 1 aromatic heterocycles. The summed E-state index contributed by atoms with van der Waals surface area (Å²) in [6.45, 7) is 1.27. The van der Waals surface area contributed by atoms with Crippen molar-refractivity contribution in [3.05, 3.63) is 83.2 Å². The summed E-state index contributed by atoms with van der Waals surface area (Å²) in [5.41, 5.74) is 4.18. The van der Waals surface area contributed by atoms with Crippen molar-refractivity contribution < 1.29 is 4.79 Å². The van der Waals surface area contributed by atoms with Crippen molar-refractivity contribution >= 4 is 17.5 Å². The van der Waals surface area contributed by atoms with Crippen molar-refractivity contribution in [1.29, 1.82) is 5.26 Å². The van der Waals surface area contributed by atoms with Crippen LogP contribution in [0.15, 0.2) is 60.8 Å². The summed E-state index contributed by atoms with van der Waals surface area (Å²) in [4.78, 5) is 23.2. The Bertz CT molecular complexity index is 1020. The Kier molecular flexibility index (Phi) is 4.50. The fraction of sp³-hybridized carbons (Fsp3) is 0.143. The molecule has 4 rings (SSSR count). The van der Waals surface area contributed by atoms with Crippen molar-refractivity contribution in [3.63, 3.8) is 0 Å². The molecule has 0 fully saturated rings. The fourth-order valence-electron chi connectivity index (χ4n) is 3.13. The van der Waals surface area contributed by atoms with E-state index < -0.39 is 0 Å². The molecule has 2 heterocycles. The maximum Gasteiger partial charge on any atom is 0.272 e. The highest BCUT2D eigenvalue weighted by Crippen LogP contribution is 2.20. The second kappa shape index (κ2) is 7.26. The largest absolute Gasteiger partial charge is 0.333 e. The summed E-state index contributed by atoms with van der Waals surface area (Å²) in [7, 11) is 0. The molecule has 6 heteroatoms. The number of amides is 1. The summed E-state index contributed by atoms with van der Waals surface area (Å²) >= 11 is 0. The highest BCUT2D eigenvalue weighted by molar-refractivity contribution is 5.92. The molecule has 0 aliphatic carbocycles. The first kappa shape index (κ1) is 16.7. The van der Waals surface area contributed by atoms with Crippen LogP contribution in [0, 0.1) is 11.3 Å². The Labute approximate surface area is 157 Å². The molecule has 0 radical (unpaired) electrons. The van der Waals surface area contributed by atoms with Crippen LogP contribution in [0.3, 0.4) is 0 Å². The summed E-state index contributed by atoms with van der Waals surface area (Å²) in [5, 5.41) is 11.9. The van der Waals surface area contributed by atoms with E-state index in [0.717, 1.165) is 12.1 Å². The summed E-state index contributed by atoms with van der Waals surface area (Å²) < 4.78 is 0. The fourth-order valence-corrected chi connectivity index (χ4v) is 3.13. The Morgan fingerprint density at radius 1 is 1.07 bits per heavy atom. The number of hydrogen-bond acceptors (Lipinski definition) is 5. The van der Waals surface area contributed by atoms with E-state index in [2.05, 4.69) is 33.5 Å². The average molecular weight is 355 g/mol. The minimum atomic E-state index is -0.102. The molecular formula is C21H17N5O. The van der Waals surface area contributed by atoms with Crippen molar-refractivity contribution in [2.75, 3.05) is 11.9 Å². The van der Waals surface area contributed by atoms with E-state index in [1.165, 1.54) is 11.1 Å². The Hall–Kier alpha value is -3.72. The molecule has 6 nitrogen and oxygen atoms in total. The lowest BCUT2D eigenvalue weighted by atomic mass is 10.00. The van der Waals surface area contributed by atoms with Crippen LogP contribution in [0.1, 0.15) is 27.2 Å². The number of carbonyl (C=O) groups excluding carboxylic acids is 1. The van der Waals surface area contributed by atoms with Gasteiger partial charge in [0.05, 0.1) is 11.6 Å². The monoisotopic (exact) mass is 355 g/mol. The summed E-state index contributed by atoms with van der Waals surface area (Å²) in [6, 6.07) is 18.9. The lowest BCUT2D eigenvalue weighted by Gasteiger charge is -2.28. The number of nitriles is 1. The van der Waals surface area contributed by atoms with E-state index in [1.54, 1.807) is 36.5 Å². The first-order valence-corrected chi connectivity index (χ1v) is 8.69. The first-order chi connectivity index (χ1) is 13.2. The number of anilines is 2. The van der Waals surface area contributed by atoms with Crippen LogP contribution in [0.2, 0.25) is 0 Å². The van der Waals surface area contributed by atoms with Gasteiger partial charge in [-0.25, -0.2) is 9.97 Å². The van der Waals surface area contributed by atoms with Gasteiger partial charge in [0.1, 0.15) is 5.69 Å². The van der Waals surface area contributed by atoms with Gasteiger partial charge in [0, 0.05) is 25.0 Å². The number of carbonyl (C=O) groups is 1. The third kappa shape index (κ3) is 3.62. The first-order valence-electron chi connectivity index (χ1n) is 8.69. The van der Waals surface area contributed by atoms with Crippen LogP contribution >= 0.6 is 0 Å². The molecule has 0 atom stereocenters. The lowest BCUT2D eigenvalue weighted by molar-refractivity contribution is 0.0728. The van der Waals surface area contributed by atoms with E-state index in [0.29, 0.717) is 30.3 Å². The normalized spacial score (nSPS) is 12.8. The van der Waals surface area contributed by atoms with Gasteiger partial charge in [0.25, 0.3) is 5.91 Å². The van der Waals surface area contributed by atoms with Crippen molar-refractivity contribution in [2.24, 2.45) is 0 Å². The zero-order valence-electron chi connectivity index (χ0n) is 14.6.